The Bertz CT molecular complexity index is 1350. The third-order valence-electron chi connectivity index (χ3n) is 11.0. The van der Waals surface area contributed by atoms with Crippen LogP contribution in [0.5, 0.6) is 5.75 Å². The Morgan fingerprint density at radius 2 is 2.03 bits per heavy atom. The molecule has 2 spiro atoms. The Morgan fingerprint density at radius 1 is 1.14 bits per heavy atom. The standard InChI is InChI=1S/C31H35NO3S/c1-19-8-9-21-15-25-29-10-11-31(33-3,28-30(29,12-13-32(25)2)26(21)27(19)35-28)22(16-29)17-34-18-23-14-20-6-4-5-7-24(20)36-23/h4-9,14,22,25,28H,10-13,15-18H2,1-3H3/t22-,25+,28?,29+,30-,31+/m0/s1. The highest BCUT2D eigenvalue weighted by Crippen LogP contribution is 2.76. The quantitative estimate of drug-likeness (QED) is 0.438. The van der Waals surface area contributed by atoms with E-state index in [1.54, 1.807) is 5.56 Å². The Balaban J connectivity index is 1.18. The molecule has 0 radical (unpaired) electrons. The van der Waals surface area contributed by atoms with Crippen molar-refractivity contribution in [2.75, 3.05) is 27.3 Å². The van der Waals surface area contributed by atoms with Crippen molar-refractivity contribution >= 4 is 21.4 Å². The van der Waals surface area contributed by atoms with Crippen molar-refractivity contribution in [1.29, 1.82) is 0 Å². The second-order valence-electron chi connectivity index (χ2n) is 12.1. The fraction of sp³-hybridized carbons (Fsp3) is 0.548. The third-order valence-corrected chi connectivity index (χ3v) is 12.1. The molecular weight excluding hydrogens is 466 g/mol. The summed E-state index contributed by atoms with van der Waals surface area (Å²) in [5.74, 6) is 1.52. The topological polar surface area (TPSA) is 30.9 Å². The Labute approximate surface area is 217 Å². The summed E-state index contributed by atoms with van der Waals surface area (Å²) in [5.41, 5.74) is 4.40. The lowest BCUT2D eigenvalue weighted by Crippen LogP contribution is -2.81. The first-order valence-corrected chi connectivity index (χ1v) is 14.4. The molecule has 4 bridgehead atoms. The second kappa shape index (κ2) is 7.35. The van der Waals surface area contributed by atoms with Gasteiger partial charge in [0.2, 0.25) is 0 Å². The van der Waals surface area contributed by atoms with E-state index < -0.39 is 0 Å². The minimum absolute atomic E-state index is 0.0787. The minimum Gasteiger partial charge on any atom is -0.486 e. The van der Waals surface area contributed by atoms with E-state index in [1.807, 2.05) is 18.4 Å². The van der Waals surface area contributed by atoms with Crippen LogP contribution in [0.4, 0.5) is 0 Å². The number of hydrogen-bond acceptors (Lipinski definition) is 5. The van der Waals surface area contributed by atoms with Crippen LogP contribution in [0, 0.1) is 18.3 Å². The lowest BCUT2D eigenvalue weighted by atomic mass is 9.35. The number of hydrogen-bond donors (Lipinski definition) is 0. The van der Waals surface area contributed by atoms with Gasteiger partial charge in [0, 0.05) is 45.0 Å². The molecule has 1 unspecified atom stereocenters. The van der Waals surface area contributed by atoms with Crippen LogP contribution in [0.1, 0.15) is 47.3 Å². The zero-order valence-electron chi connectivity index (χ0n) is 21.5. The lowest BCUT2D eigenvalue weighted by molar-refractivity contribution is -0.282. The van der Waals surface area contributed by atoms with Crippen LogP contribution >= 0.6 is 11.3 Å². The summed E-state index contributed by atoms with van der Waals surface area (Å²) in [6.07, 6.45) is 5.88. The summed E-state index contributed by atoms with van der Waals surface area (Å²) in [4.78, 5) is 3.97. The van der Waals surface area contributed by atoms with Gasteiger partial charge in [-0.3, -0.25) is 0 Å². The van der Waals surface area contributed by atoms with Crippen molar-refractivity contribution < 1.29 is 14.2 Å². The van der Waals surface area contributed by atoms with Gasteiger partial charge in [-0.1, -0.05) is 30.3 Å². The summed E-state index contributed by atoms with van der Waals surface area (Å²) in [6.45, 7) is 4.78. The van der Waals surface area contributed by atoms with E-state index in [0.29, 0.717) is 18.6 Å². The first-order chi connectivity index (χ1) is 17.5. The van der Waals surface area contributed by atoms with Crippen molar-refractivity contribution in [3.63, 3.8) is 0 Å². The smallest absolute Gasteiger partial charge is 0.138 e. The molecule has 2 aliphatic heterocycles. The van der Waals surface area contributed by atoms with Gasteiger partial charge in [-0.25, -0.2) is 0 Å². The number of benzene rings is 2. The molecule has 5 heteroatoms. The molecule has 4 nitrogen and oxygen atoms in total. The number of fused-ring (bicyclic) bond motifs is 3. The minimum atomic E-state index is -0.289. The molecule has 188 valence electrons. The number of aryl methyl sites for hydroxylation is 1. The van der Waals surface area contributed by atoms with Crippen molar-refractivity contribution in [3.05, 3.63) is 64.0 Å². The zero-order valence-corrected chi connectivity index (χ0v) is 22.3. The first kappa shape index (κ1) is 22.1. The fourth-order valence-corrected chi connectivity index (χ4v) is 10.6. The Kier molecular flexibility index (Phi) is 4.51. The SMILES string of the molecule is CO[C@]12CC[C@@]3(C[C@H]1COCc1cc4ccccc4s1)[C@H]1Cc4ccc(C)c5c4[C@@]3(CCN1C)C2O5. The van der Waals surface area contributed by atoms with Crippen LogP contribution in [0.15, 0.2) is 42.5 Å². The molecular formula is C31H35NO3S. The maximum Gasteiger partial charge on any atom is 0.138 e. The van der Waals surface area contributed by atoms with Gasteiger partial charge in [-0.2, -0.15) is 0 Å². The summed E-state index contributed by atoms with van der Waals surface area (Å²) >= 11 is 1.85. The molecule has 4 fully saturated rings. The predicted octanol–water partition coefficient (Wildman–Crippen LogP) is 5.87. The van der Waals surface area contributed by atoms with Crippen LogP contribution in [0.25, 0.3) is 10.1 Å². The monoisotopic (exact) mass is 501 g/mol. The van der Waals surface area contributed by atoms with E-state index >= 15 is 0 Å². The average molecular weight is 502 g/mol. The molecule has 2 aromatic carbocycles. The van der Waals surface area contributed by atoms with Gasteiger partial charge in [0.15, 0.2) is 0 Å². The van der Waals surface area contributed by atoms with Crippen molar-refractivity contribution in [3.8, 4) is 5.75 Å². The normalized spacial score (nSPS) is 37.8. The summed E-state index contributed by atoms with van der Waals surface area (Å²) in [7, 11) is 4.29. The van der Waals surface area contributed by atoms with E-state index in [1.165, 1.54) is 51.1 Å². The second-order valence-corrected chi connectivity index (χ2v) is 13.3. The lowest BCUT2D eigenvalue weighted by Gasteiger charge is -2.73. The molecule has 6 aliphatic rings. The highest BCUT2D eigenvalue weighted by Gasteiger charge is 2.80. The maximum absolute atomic E-state index is 7.11. The third kappa shape index (κ3) is 2.47. The van der Waals surface area contributed by atoms with Gasteiger partial charge >= 0.3 is 0 Å². The zero-order chi connectivity index (χ0) is 24.3. The number of thiophene rings is 1. The summed E-state index contributed by atoms with van der Waals surface area (Å²) < 4.78 is 21.6. The van der Waals surface area contributed by atoms with Crippen molar-refractivity contribution in [2.45, 2.75) is 68.8 Å². The van der Waals surface area contributed by atoms with Crippen LogP contribution in [0.2, 0.25) is 0 Å². The van der Waals surface area contributed by atoms with Gasteiger partial charge < -0.3 is 19.1 Å². The van der Waals surface area contributed by atoms with E-state index in [9.17, 15) is 0 Å². The van der Waals surface area contributed by atoms with E-state index in [4.69, 9.17) is 14.2 Å². The van der Waals surface area contributed by atoms with Crippen LogP contribution < -0.4 is 4.74 Å². The van der Waals surface area contributed by atoms with Gasteiger partial charge in [0.25, 0.3) is 0 Å². The van der Waals surface area contributed by atoms with Gasteiger partial charge in [0.05, 0.1) is 13.2 Å². The molecule has 3 heterocycles. The van der Waals surface area contributed by atoms with Crippen LogP contribution in [-0.2, 0) is 27.9 Å². The molecule has 3 saturated carbocycles. The van der Waals surface area contributed by atoms with Crippen LogP contribution in [-0.4, -0.2) is 50.0 Å². The highest BCUT2D eigenvalue weighted by atomic mass is 32.1. The van der Waals surface area contributed by atoms with Crippen molar-refractivity contribution in [2.24, 2.45) is 11.3 Å². The molecule has 0 amide bonds. The molecule has 1 aromatic heterocycles. The van der Waals surface area contributed by atoms with E-state index in [2.05, 4.69) is 61.3 Å². The van der Waals surface area contributed by atoms with Crippen LogP contribution in [0.3, 0.4) is 0 Å². The van der Waals surface area contributed by atoms with E-state index in [-0.39, 0.29) is 22.5 Å². The van der Waals surface area contributed by atoms with Gasteiger partial charge in [0.1, 0.15) is 17.5 Å². The molecule has 3 aromatic rings. The first-order valence-electron chi connectivity index (χ1n) is 13.6. The maximum atomic E-state index is 7.11. The van der Waals surface area contributed by atoms with E-state index in [0.717, 1.165) is 26.0 Å². The molecule has 4 aliphatic carbocycles. The summed E-state index contributed by atoms with van der Waals surface area (Å²) in [5, 5.41) is 1.31. The average Bonchev–Trinajstić information content (AvgIpc) is 3.47. The number of piperidine rings is 1. The molecule has 36 heavy (non-hydrogen) atoms. The number of nitrogens with zero attached hydrogens (tertiary/aromatic N) is 1. The van der Waals surface area contributed by atoms with Crippen molar-refractivity contribution in [1.82, 2.24) is 4.90 Å². The van der Waals surface area contributed by atoms with Gasteiger partial charge in [-0.15, -0.1) is 11.3 Å². The molecule has 9 rings (SSSR count). The number of rotatable bonds is 5. The number of likely N-dealkylation sites (tertiary alicyclic amines) is 1. The summed E-state index contributed by atoms with van der Waals surface area (Å²) in [6, 6.07) is 16.2. The number of ether oxygens (including phenoxy) is 3. The molecule has 1 saturated heterocycles. The number of likely N-dealkylation sites (N-methyl/N-ethyl adjacent to an activating group) is 1. The Morgan fingerprint density at radius 3 is 2.89 bits per heavy atom. The molecule has 0 N–H and O–H groups in total. The predicted molar refractivity (Wildman–Crippen MR) is 143 cm³/mol. The van der Waals surface area contributed by atoms with Gasteiger partial charge in [-0.05, 0) is 81.3 Å². The largest absolute Gasteiger partial charge is 0.486 e. The number of methoxy groups -OCH3 is 1. The Hall–Kier alpha value is -1.92. The fourth-order valence-electron chi connectivity index (χ4n) is 9.58. The molecule has 6 atom stereocenters. The highest BCUT2D eigenvalue weighted by molar-refractivity contribution is 7.19.